The second-order valence-electron chi connectivity index (χ2n) is 4.20. The molecular weight excluding hydrogens is 206 g/mol. The average Bonchev–Trinajstić information content (AvgIpc) is 2.38. The van der Waals surface area contributed by atoms with E-state index in [-0.39, 0.29) is 0 Å². The van der Waals surface area contributed by atoms with Gasteiger partial charge in [-0.1, -0.05) is 55.1 Å². The number of benzene rings is 2. The number of anilines is 1. The Bertz CT molecular complexity index is 527. The quantitative estimate of drug-likeness (QED) is 0.758. The zero-order valence-corrected chi connectivity index (χ0v) is 10.4. The third kappa shape index (κ3) is 2.23. The first kappa shape index (κ1) is 11.5. The first-order chi connectivity index (χ1) is 8.24. The summed E-state index contributed by atoms with van der Waals surface area (Å²) < 4.78 is 0. The molecule has 0 N–H and O–H groups in total. The van der Waals surface area contributed by atoms with Crippen LogP contribution in [0.2, 0.25) is 0 Å². The van der Waals surface area contributed by atoms with E-state index >= 15 is 0 Å². The molecule has 0 heterocycles. The van der Waals surface area contributed by atoms with Crippen LogP contribution in [0.25, 0.3) is 17.2 Å². The fourth-order valence-electron chi connectivity index (χ4n) is 2.01. The van der Waals surface area contributed by atoms with Crippen molar-refractivity contribution < 1.29 is 0 Å². The zero-order valence-electron chi connectivity index (χ0n) is 10.4. The molecule has 0 aliphatic rings. The minimum atomic E-state index is 1.17. The summed E-state index contributed by atoms with van der Waals surface area (Å²) in [7, 11) is 4.13. The van der Waals surface area contributed by atoms with Crippen molar-refractivity contribution in [3.8, 4) is 11.1 Å². The predicted octanol–water partition coefficient (Wildman–Crippen LogP) is 4.06. The van der Waals surface area contributed by atoms with E-state index in [9.17, 15) is 0 Å². The van der Waals surface area contributed by atoms with Gasteiger partial charge in [-0.05, 0) is 17.2 Å². The highest BCUT2D eigenvalue weighted by Gasteiger charge is 2.08. The number of rotatable bonds is 3. The topological polar surface area (TPSA) is 3.24 Å². The van der Waals surface area contributed by atoms with Gasteiger partial charge >= 0.3 is 0 Å². The Kier molecular flexibility index (Phi) is 3.29. The lowest BCUT2D eigenvalue weighted by atomic mass is 9.98. The normalized spacial score (nSPS) is 10.0. The maximum atomic E-state index is 3.88. The molecule has 0 atom stereocenters. The maximum Gasteiger partial charge on any atom is 0.0440 e. The predicted molar refractivity (Wildman–Crippen MR) is 76.3 cm³/mol. The van der Waals surface area contributed by atoms with Crippen LogP contribution < -0.4 is 4.90 Å². The SMILES string of the molecule is C=Cc1ccccc1-c1ccccc1N(C)C. The minimum Gasteiger partial charge on any atom is -0.377 e. The molecule has 0 aromatic heterocycles. The van der Waals surface area contributed by atoms with Crippen LogP contribution in [0.15, 0.2) is 55.1 Å². The van der Waals surface area contributed by atoms with E-state index in [1.165, 1.54) is 22.4 Å². The molecule has 0 saturated carbocycles. The van der Waals surface area contributed by atoms with E-state index in [1.807, 2.05) is 12.1 Å². The molecule has 86 valence electrons. The number of para-hydroxylation sites is 1. The molecule has 0 radical (unpaired) electrons. The lowest BCUT2D eigenvalue weighted by molar-refractivity contribution is 1.13. The molecule has 0 aliphatic carbocycles. The molecule has 0 unspecified atom stereocenters. The van der Waals surface area contributed by atoms with Crippen LogP contribution in [0, 0.1) is 0 Å². The van der Waals surface area contributed by atoms with Gasteiger partial charge in [-0.25, -0.2) is 0 Å². The lowest BCUT2D eigenvalue weighted by Gasteiger charge is -2.18. The number of nitrogens with zero attached hydrogens (tertiary/aromatic N) is 1. The van der Waals surface area contributed by atoms with E-state index < -0.39 is 0 Å². The van der Waals surface area contributed by atoms with Crippen LogP contribution in [0.5, 0.6) is 0 Å². The number of hydrogen-bond acceptors (Lipinski definition) is 1. The Hall–Kier alpha value is -2.02. The third-order valence-corrected chi connectivity index (χ3v) is 2.86. The summed E-state index contributed by atoms with van der Waals surface area (Å²) in [5, 5.41) is 0. The van der Waals surface area contributed by atoms with Gasteiger partial charge in [0.15, 0.2) is 0 Å². The van der Waals surface area contributed by atoms with E-state index in [4.69, 9.17) is 0 Å². The molecule has 0 amide bonds. The highest BCUT2D eigenvalue weighted by atomic mass is 15.1. The highest BCUT2D eigenvalue weighted by Crippen LogP contribution is 2.32. The summed E-state index contributed by atoms with van der Waals surface area (Å²) in [6.07, 6.45) is 1.90. The molecule has 0 aliphatic heterocycles. The highest BCUT2D eigenvalue weighted by molar-refractivity contribution is 5.83. The molecule has 0 fully saturated rings. The van der Waals surface area contributed by atoms with E-state index in [0.29, 0.717) is 0 Å². The molecule has 0 bridgehead atoms. The molecule has 2 aromatic carbocycles. The smallest absolute Gasteiger partial charge is 0.0440 e. The first-order valence-electron chi connectivity index (χ1n) is 5.72. The van der Waals surface area contributed by atoms with Crippen molar-refractivity contribution in [3.63, 3.8) is 0 Å². The van der Waals surface area contributed by atoms with E-state index in [0.717, 1.165) is 0 Å². The summed E-state index contributed by atoms with van der Waals surface area (Å²) in [5.74, 6) is 0. The molecule has 2 aromatic rings. The standard InChI is InChI=1S/C16H17N/c1-4-13-9-5-6-10-14(13)15-11-7-8-12-16(15)17(2)3/h4-12H,1H2,2-3H3. The molecule has 0 spiro atoms. The van der Waals surface area contributed by atoms with Crippen molar-refractivity contribution in [2.75, 3.05) is 19.0 Å². The summed E-state index contributed by atoms with van der Waals surface area (Å²) in [6, 6.07) is 16.8. The number of hydrogen-bond donors (Lipinski definition) is 0. The molecular formula is C16H17N. The first-order valence-corrected chi connectivity index (χ1v) is 5.72. The van der Waals surface area contributed by atoms with Crippen LogP contribution in [0.3, 0.4) is 0 Å². The summed E-state index contributed by atoms with van der Waals surface area (Å²) in [4.78, 5) is 2.13. The fraction of sp³-hybridized carbons (Fsp3) is 0.125. The zero-order chi connectivity index (χ0) is 12.3. The van der Waals surface area contributed by atoms with Gasteiger partial charge in [0, 0.05) is 25.3 Å². The largest absolute Gasteiger partial charge is 0.377 e. The van der Waals surface area contributed by atoms with Crippen LogP contribution >= 0.6 is 0 Å². The van der Waals surface area contributed by atoms with Crippen LogP contribution in [-0.4, -0.2) is 14.1 Å². The Morgan fingerprint density at radius 1 is 0.882 bits per heavy atom. The molecule has 17 heavy (non-hydrogen) atoms. The molecule has 0 saturated heterocycles. The van der Waals surface area contributed by atoms with Gasteiger partial charge in [0.2, 0.25) is 0 Å². The second-order valence-corrected chi connectivity index (χ2v) is 4.20. The second kappa shape index (κ2) is 4.88. The lowest BCUT2D eigenvalue weighted by Crippen LogP contribution is -2.09. The van der Waals surface area contributed by atoms with Gasteiger partial charge in [-0.2, -0.15) is 0 Å². The molecule has 1 heteroatoms. The van der Waals surface area contributed by atoms with Crippen LogP contribution in [0.4, 0.5) is 5.69 Å². The average molecular weight is 223 g/mol. The van der Waals surface area contributed by atoms with Crippen molar-refractivity contribution in [2.24, 2.45) is 0 Å². The molecule has 2 rings (SSSR count). The van der Waals surface area contributed by atoms with Crippen molar-refractivity contribution in [1.82, 2.24) is 0 Å². The minimum absolute atomic E-state index is 1.17. The van der Waals surface area contributed by atoms with Gasteiger partial charge in [0.05, 0.1) is 0 Å². The summed E-state index contributed by atoms with van der Waals surface area (Å²) in [6.45, 7) is 3.88. The van der Waals surface area contributed by atoms with Gasteiger partial charge in [0.25, 0.3) is 0 Å². The van der Waals surface area contributed by atoms with Gasteiger partial charge < -0.3 is 4.90 Å². The van der Waals surface area contributed by atoms with Crippen molar-refractivity contribution >= 4 is 11.8 Å². The van der Waals surface area contributed by atoms with Crippen LogP contribution in [0.1, 0.15) is 5.56 Å². The van der Waals surface area contributed by atoms with Crippen LogP contribution in [-0.2, 0) is 0 Å². The van der Waals surface area contributed by atoms with Gasteiger partial charge in [0.1, 0.15) is 0 Å². The van der Waals surface area contributed by atoms with Crippen molar-refractivity contribution in [3.05, 3.63) is 60.7 Å². The Morgan fingerprint density at radius 3 is 2.12 bits per heavy atom. The van der Waals surface area contributed by atoms with E-state index in [2.05, 4.69) is 68.0 Å². The summed E-state index contributed by atoms with van der Waals surface area (Å²) >= 11 is 0. The van der Waals surface area contributed by atoms with Gasteiger partial charge in [-0.15, -0.1) is 0 Å². The Labute approximate surface area is 103 Å². The van der Waals surface area contributed by atoms with Crippen molar-refractivity contribution in [1.29, 1.82) is 0 Å². The van der Waals surface area contributed by atoms with Crippen molar-refractivity contribution in [2.45, 2.75) is 0 Å². The van der Waals surface area contributed by atoms with E-state index in [1.54, 1.807) is 0 Å². The monoisotopic (exact) mass is 223 g/mol. The maximum absolute atomic E-state index is 3.88. The Morgan fingerprint density at radius 2 is 1.47 bits per heavy atom. The Balaban J connectivity index is 2.64. The fourth-order valence-corrected chi connectivity index (χ4v) is 2.01. The third-order valence-electron chi connectivity index (χ3n) is 2.86. The molecule has 1 nitrogen and oxygen atoms in total. The summed E-state index contributed by atoms with van der Waals surface area (Å²) in [5.41, 5.74) is 4.86. The van der Waals surface area contributed by atoms with Gasteiger partial charge in [-0.3, -0.25) is 0 Å².